The number of carboxylic acid groups (broad SMARTS) is 1. The highest BCUT2D eigenvalue weighted by Gasteiger charge is 2.32. The molecule has 3 aromatic rings. The Labute approximate surface area is 216 Å². The van der Waals surface area contributed by atoms with E-state index in [4.69, 9.17) is 28.3 Å². The molecule has 0 radical (unpaired) electrons. The Balaban J connectivity index is 1.64. The molecule has 2 heterocycles. The highest BCUT2D eigenvalue weighted by Crippen LogP contribution is 2.36. The Morgan fingerprint density at radius 1 is 1.11 bits per heavy atom. The average molecular weight is 541 g/mol. The van der Waals surface area contributed by atoms with Crippen LogP contribution < -0.4 is 0 Å². The third kappa shape index (κ3) is 5.26. The molecule has 5 nitrogen and oxygen atoms in total. The van der Waals surface area contributed by atoms with Crippen molar-refractivity contribution in [2.24, 2.45) is 13.0 Å². The number of nitrogens with zero attached hydrogens (tertiary/aromatic N) is 2. The van der Waals surface area contributed by atoms with E-state index in [-0.39, 0.29) is 33.6 Å². The monoisotopic (exact) mass is 540 g/mol. The number of aryl methyl sites for hydroxylation is 2. The van der Waals surface area contributed by atoms with E-state index in [0.29, 0.717) is 41.7 Å². The van der Waals surface area contributed by atoms with Crippen LogP contribution in [0.3, 0.4) is 0 Å². The van der Waals surface area contributed by atoms with Crippen LogP contribution >= 0.6 is 23.2 Å². The quantitative estimate of drug-likeness (QED) is 0.352. The molecule has 1 N–H and O–H groups in total. The van der Waals surface area contributed by atoms with Crippen LogP contribution in [0, 0.1) is 12.8 Å². The second-order valence-corrected chi connectivity index (χ2v) is 10.1. The number of likely N-dealkylation sites (tertiary alicyclic amines) is 1. The third-order valence-electron chi connectivity index (χ3n) is 6.89. The number of hydrogen-bond acceptors (Lipinski definition) is 3. The number of alkyl halides is 3. The molecule has 192 valence electrons. The van der Waals surface area contributed by atoms with E-state index < -0.39 is 23.5 Å². The van der Waals surface area contributed by atoms with Crippen LogP contribution in [0.4, 0.5) is 13.2 Å². The Kier molecular flexibility index (Phi) is 7.42. The second-order valence-electron chi connectivity index (χ2n) is 9.35. The summed E-state index contributed by atoms with van der Waals surface area (Å²) in [5.74, 6) is -1.13. The van der Waals surface area contributed by atoms with E-state index >= 15 is 0 Å². The van der Waals surface area contributed by atoms with Gasteiger partial charge in [0.1, 0.15) is 0 Å². The molecule has 0 spiro atoms. The molecule has 0 bridgehead atoms. The topological polar surface area (TPSA) is 62.5 Å². The van der Waals surface area contributed by atoms with Gasteiger partial charge in [0.25, 0.3) is 0 Å². The van der Waals surface area contributed by atoms with Crippen LogP contribution in [0.25, 0.3) is 10.9 Å². The first kappa shape index (κ1) is 26.5. The maximum Gasteiger partial charge on any atom is 0.416 e. The molecule has 0 atom stereocenters. The van der Waals surface area contributed by atoms with E-state index in [0.717, 1.165) is 25.0 Å². The van der Waals surface area contributed by atoms with Crippen LogP contribution in [-0.2, 0) is 24.6 Å². The fourth-order valence-electron chi connectivity index (χ4n) is 4.88. The van der Waals surface area contributed by atoms with Gasteiger partial charge < -0.3 is 9.67 Å². The van der Waals surface area contributed by atoms with E-state index in [1.807, 2.05) is 0 Å². The smallest absolute Gasteiger partial charge is 0.416 e. The molecule has 0 saturated carbocycles. The van der Waals surface area contributed by atoms with Gasteiger partial charge in [0.2, 0.25) is 5.78 Å². The number of carbonyl (C=O) groups is 2. The van der Waals surface area contributed by atoms with E-state index in [1.165, 1.54) is 4.57 Å². The molecule has 10 heteroatoms. The third-order valence-corrected chi connectivity index (χ3v) is 7.64. The summed E-state index contributed by atoms with van der Waals surface area (Å²) in [6, 6.07) is 7.03. The van der Waals surface area contributed by atoms with Crippen molar-refractivity contribution in [2.45, 2.75) is 38.9 Å². The van der Waals surface area contributed by atoms with Crippen LogP contribution in [0.5, 0.6) is 0 Å². The zero-order chi connectivity index (χ0) is 26.4. The van der Waals surface area contributed by atoms with Crippen LogP contribution in [0.1, 0.15) is 52.0 Å². The van der Waals surface area contributed by atoms with Crippen LogP contribution in [0.15, 0.2) is 30.3 Å². The minimum absolute atomic E-state index is 0.108. The van der Waals surface area contributed by atoms with Gasteiger partial charge in [0.15, 0.2) is 0 Å². The number of ketones is 1. The lowest BCUT2D eigenvalue weighted by Crippen LogP contribution is -2.34. The van der Waals surface area contributed by atoms with Crippen LogP contribution in [0.2, 0.25) is 10.0 Å². The summed E-state index contributed by atoms with van der Waals surface area (Å²) >= 11 is 13.1. The molecule has 1 aliphatic heterocycles. The average Bonchev–Trinajstić information content (AvgIpc) is 3.13. The molecule has 1 fully saturated rings. The highest BCUT2D eigenvalue weighted by molar-refractivity contribution is 6.41. The van der Waals surface area contributed by atoms with Crippen molar-refractivity contribution in [2.75, 3.05) is 13.1 Å². The van der Waals surface area contributed by atoms with Crippen molar-refractivity contribution in [3.63, 3.8) is 0 Å². The van der Waals surface area contributed by atoms with Gasteiger partial charge in [-0.3, -0.25) is 14.5 Å². The molecule has 0 unspecified atom stereocenters. The zero-order valence-corrected chi connectivity index (χ0v) is 21.3. The number of hydrogen-bond donors (Lipinski definition) is 1. The van der Waals surface area contributed by atoms with Gasteiger partial charge >= 0.3 is 12.1 Å². The first-order chi connectivity index (χ1) is 16.9. The summed E-state index contributed by atoms with van der Waals surface area (Å²) in [4.78, 5) is 26.7. The van der Waals surface area contributed by atoms with E-state index in [2.05, 4.69) is 4.90 Å². The minimum atomic E-state index is -4.50. The van der Waals surface area contributed by atoms with Crippen molar-refractivity contribution < 1.29 is 27.9 Å². The predicted octanol–water partition coefficient (Wildman–Crippen LogP) is 6.73. The minimum Gasteiger partial charge on any atom is -0.481 e. The van der Waals surface area contributed by atoms with Gasteiger partial charge in [0, 0.05) is 30.9 Å². The fourth-order valence-corrected chi connectivity index (χ4v) is 5.48. The van der Waals surface area contributed by atoms with Crippen molar-refractivity contribution in [3.8, 4) is 0 Å². The van der Waals surface area contributed by atoms with Gasteiger partial charge in [-0.2, -0.15) is 13.2 Å². The lowest BCUT2D eigenvalue weighted by molar-refractivity contribution is -0.139. The molecule has 0 aliphatic carbocycles. The maximum atomic E-state index is 13.6. The second kappa shape index (κ2) is 10.1. The molecule has 1 saturated heterocycles. The summed E-state index contributed by atoms with van der Waals surface area (Å²) in [5.41, 5.74) is 0.914. The normalized spacial score (nSPS) is 15.5. The number of carboxylic acids is 1. The molecule has 2 aromatic carbocycles. The number of rotatable bonds is 6. The van der Waals surface area contributed by atoms with E-state index in [1.54, 1.807) is 32.2 Å². The Morgan fingerprint density at radius 3 is 2.39 bits per heavy atom. The summed E-state index contributed by atoms with van der Waals surface area (Å²) < 4.78 is 41.4. The fraction of sp³-hybridized carbons (Fsp3) is 0.385. The Hall–Kier alpha value is -2.55. The zero-order valence-electron chi connectivity index (χ0n) is 19.8. The standard InChI is InChI=1S/C26H25Cl2F3N2O3/c1-14-9-17(26(29,30)31)11-20-18(14)12-21(32(20)2)25(36)23-19(27)4-3-16(24(23)28)13-33-7-5-15(6-8-33)10-22(34)35/h3-4,9,11-12,15H,5-8,10,13H2,1-2H3,(H,34,35). The molecular weight excluding hydrogens is 516 g/mol. The summed E-state index contributed by atoms with van der Waals surface area (Å²) in [6.07, 6.45) is -2.82. The summed E-state index contributed by atoms with van der Waals surface area (Å²) in [5, 5.41) is 9.92. The number of halogens is 5. The molecule has 1 aliphatic rings. The first-order valence-corrected chi connectivity index (χ1v) is 12.3. The van der Waals surface area contributed by atoms with Gasteiger partial charge in [0.05, 0.1) is 26.9 Å². The van der Waals surface area contributed by atoms with Crippen molar-refractivity contribution in [3.05, 3.63) is 68.3 Å². The summed E-state index contributed by atoms with van der Waals surface area (Å²) in [6.45, 7) is 3.47. The summed E-state index contributed by atoms with van der Waals surface area (Å²) in [7, 11) is 1.54. The van der Waals surface area contributed by atoms with Gasteiger partial charge in [-0.05, 0) is 74.2 Å². The lowest BCUT2D eigenvalue weighted by Gasteiger charge is -2.31. The van der Waals surface area contributed by atoms with E-state index in [9.17, 15) is 22.8 Å². The molecule has 0 amide bonds. The Bertz CT molecular complexity index is 1340. The number of aliphatic carboxylic acids is 1. The number of piperidine rings is 1. The number of aromatic nitrogens is 1. The van der Waals surface area contributed by atoms with Crippen LogP contribution in [-0.4, -0.2) is 39.4 Å². The van der Waals surface area contributed by atoms with Crippen molar-refractivity contribution in [1.82, 2.24) is 9.47 Å². The number of carbonyl (C=O) groups excluding carboxylic acids is 1. The maximum absolute atomic E-state index is 13.6. The Morgan fingerprint density at radius 2 is 1.78 bits per heavy atom. The van der Waals surface area contributed by atoms with Crippen molar-refractivity contribution >= 4 is 45.9 Å². The molecule has 1 aromatic heterocycles. The predicted molar refractivity (Wildman–Crippen MR) is 133 cm³/mol. The van der Waals surface area contributed by atoms with Crippen molar-refractivity contribution in [1.29, 1.82) is 0 Å². The van der Waals surface area contributed by atoms with Gasteiger partial charge in [-0.1, -0.05) is 29.3 Å². The molecule has 36 heavy (non-hydrogen) atoms. The lowest BCUT2D eigenvalue weighted by atomic mass is 9.93. The molecular formula is C26H25Cl2F3N2O3. The number of fused-ring (bicyclic) bond motifs is 1. The molecule has 4 rings (SSSR count). The largest absolute Gasteiger partial charge is 0.481 e. The number of benzene rings is 2. The highest BCUT2D eigenvalue weighted by atomic mass is 35.5. The SMILES string of the molecule is Cc1cc(C(F)(F)F)cc2c1cc(C(=O)c1c(Cl)ccc(CN3CCC(CC(=O)O)CC3)c1Cl)n2C. The van der Waals surface area contributed by atoms with Gasteiger partial charge in [-0.25, -0.2) is 0 Å². The van der Waals surface area contributed by atoms with Gasteiger partial charge in [-0.15, -0.1) is 0 Å². The first-order valence-electron chi connectivity index (χ1n) is 11.5.